The first-order chi connectivity index (χ1) is 8.90. The summed E-state index contributed by atoms with van der Waals surface area (Å²) < 4.78 is 38.0. The van der Waals surface area contributed by atoms with Crippen molar-refractivity contribution < 1.29 is 18.4 Å². The molecule has 0 aliphatic carbocycles. The van der Waals surface area contributed by atoms with E-state index in [0.29, 0.717) is 6.54 Å². The Kier molecular flexibility index (Phi) is 5.86. The molecule has 0 aromatic carbocycles. The molecule has 1 rings (SSSR count). The van der Waals surface area contributed by atoms with Crippen molar-refractivity contribution in [2.24, 2.45) is 16.8 Å². The minimum atomic E-state index is -4.51. The third-order valence-electron chi connectivity index (χ3n) is 3.50. The Morgan fingerprint density at radius 3 is 2.79 bits per heavy atom. The molecule has 1 saturated heterocycles. The Morgan fingerprint density at radius 2 is 2.26 bits per heavy atom. The van der Waals surface area contributed by atoms with Crippen molar-refractivity contribution in [2.75, 3.05) is 26.2 Å². The van der Waals surface area contributed by atoms with Crippen molar-refractivity contribution in [3.63, 3.8) is 0 Å². The Labute approximate surface area is 110 Å². The Morgan fingerprint density at radius 1 is 1.58 bits per heavy atom. The summed E-state index contributed by atoms with van der Waals surface area (Å²) in [5.41, 5.74) is 5.08. The van der Waals surface area contributed by atoms with Gasteiger partial charge in [0, 0.05) is 19.1 Å². The summed E-state index contributed by atoms with van der Waals surface area (Å²) in [7, 11) is 0. The zero-order valence-corrected chi connectivity index (χ0v) is 11.0. The highest BCUT2D eigenvalue weighted by Gasteiger charge is 2.42. The smallest absolute Gasteiger partial charge is 0.400 e. The number of likely N-dealkylation sites (tertiary alicyclic amines) is 1. The third-order valence-corrected chi connectivity index (χ3v) is 3.50. The van der Waals surface area contributed by atoms with E-state index >= 15 is 0 Å². The maximum Gasteiger partial charge on any atom is 0.400 e. The Hall–Kier alpha value is -1.02. The van der Waals surface area contributed by atoms with E-state index in [-0.39, 0.29) is 12.6 Å². The van der Waals surface area contributed by atoms with Gasteiger partial charge in [-0.1, -0.05) is 12.1 Å². The van der Waals surface area contributed by atoms with E-state index < -0.39 is 17.9 Å². The maximum atomic E-state index is 12.7. The number of alkyl halides is 3. The molecule has 2 atom stereocenters. The van der Waals surface area contributed by atoms with E-state index in [1.165, 1.54) is 0 Å². The average molecular weight is 282 g/mol. The first-order valence-corrected chi connectivity index (χ1v) is 6.39. The number of nitrogens with two attached hydrogens (primary N) is 1. The number of hydrogen-bond donors (Lipinski definition) is 3. The third kappa shape index (κ3) is 4.54. The van der Waals surface area contributed by atoms with E-state index in [0.717, 1.165) is 25.9 Å². The van der Waals surface area contributed by atoms with Crippen molar-refractivity contribution in [2.45, 2.75) is 32.0 Å². The van der Waals surface area contributed by atoms with Crippen LogP contribution in [0.15, 0.2) is 5.16 Å². The van der Waals surface area contributed by atoms with Crippen LogP contribution in [-0.4, -0.2) is 54.3 Å². The summed E-state index contributed by atoms with van der Waals surface area (Å²) in [4.78, 5) is 2.24. The molecule has 2 unspecified atom stereocenters. The van der Waals surface area contributed by atoms with Gasteiger partial charge in [0.05, 0.1) is 0 Å². The number of hydrogen-bond acceptors (Lipinski definition) is 4. The number of nitrogens with one attached hydrogen (secondary N) is 1. The number of halogens is 3. The van der Waals surface area contributed by atoms with Crippen LogP contribution < -0.4 is 11.1 Å². The molecule has 19 heavy (non-hydrogen) atoms. The van der Waals surface area contributed by atoms with Gasteiger partial charge in [-0.2, -0.15) is 13.2 Å². The molecule has 0 aromatic rings. The van der Waals surface area contributed by atoms with Gasteiger partial charge in [0.2, 0.25) is 0 Å². The molecule has 1 heterocycles. The lowest BCUT2D eigenvalue weighted by Gasteiger charge is -2.25. The molecule has 0 spiro atoms. The standard InChI is InChI=1S/C11H21F3N4O/c1-2-18-5-3-4-8(18)6-16-7-9(10(15)17-19)11(12,13)14/h8-9,16,19H,2-7H2,1H3,(H2,15,17). The first kappa shape index (κ1) is 16.0. The van der Waals surface area contributed by atoms with E-state index in [4.69, 9.17) is 10.9 Å². The number of nitrogens with zero attached hydrogens (tertiary/aromatic N) is 2. The van der Waals surface area contributed by atoms with Gasteiger partial charge in [-0.05, 0) is 25.9 Å². The lowest BCUT2D eigenvalue weighted by molar-refractivity contribution is -0.155. The predicted molar refractivity (Wildman–Crippen MR) is 66.1 cm³/mol. The molecule has 1 aliphatic rings. The topological polar surface area (TPSA) is 73.9 Å². The lowest BCUT2D eigenvalue weighted by atomic mass is 10.1. The van der Waals surface area contributed by atoms with Crippen LogP contribution in [0.25, 0.3) is 0 Å². The van der Waals surface area contributed by atoms with Crippen molar-refractivity contribution >= 4 is 5.84 Å². The summed E-state index contributed by atoms with van der Waals surface area (Å²) in [6, 6.07) is 0.270. The van der Waals surface area contributed by atoms with Crippen molar-refractivity contribution in [3.8, 4) is 0 Å². The van der Waals surface area contributed by atoms with E-state index in [1.54, 1.807) is 0 Å². The fourth-order valence-electron chi connectivity index (χ4n) is 2.39. The van der Waals surface area contributed by atoms with Gasteiger partial charge in [-0.3, -0.25) is 4.90 Å². The fraction of sp³-hybridized carbons (Fsp3) is 0.909. The van der Waals surface area contributed by atoms with Gasteiger partial charge in [0.1, 0.15) is 5.92 Å². The van der Waals surface area contributed by atoms with Crippen LogP contribution in [0, 0.1) is 5.92 Å². The summed E-state index contributed by atoms with van der Waals surface area (Å²) in [6.45, 7) is 4.04. The molecule has 0 saturated carbocycles. The summed E-state index contributed by atoms with van der Waals surface area (Å²) in [5.74, 6) is -2.76. The highest BCUT2D eigenvalue weighted by Crippen LogP contribution is 2.26. The second-order valence-electron chi connectivity index (χ2n) is 4.70. The van der Waals surface area contributed by atoms with Crippen LogP contribution in [-0.2, 0) is 0 Å². The number of rotatable bonds is 6. The van der Waals surface area contributed by atoms with Crippen LogP contribution in [0.5, 0.6) is 0 Å². The molecular formula is C11H21F3N4O. The molecular weight excluding hydrogens is 261 g/mol. The van der Waals surface area contributed by atoms with Gasteiger partial charge in [-0.15, -0.1) is 0 Å². The Bertz CT molecular complexity index is 309. The normalized spacial score (nSPS) is 23.8. The zero-order chi connectivity index (χ0) is 14.5. The second-order valence-corrected chi connectivity index (χ2v) is 4.70. The largest absolute Gasteiger partial charge is 0.409 e. The van der Waals surface area contributed by atoms with Crippen LogP contribution in [0.2, 0.25) is 0 Å². The monoisotopic (exact) mass is 282 g/mol. The fourth-order valence-corrected chi connectivity index (χ4v) is 2.39. The lowest BCUT2D eigenvalue weighted by Crippen LogP contribution is -2.46. The molecule has 0 amide bonds. The van der Waals surface area contributed by atoms with Gasteiger partial charge < -0.3 is 16.3 Å². The minimum Gasteiger partial charge on any atom is -0.409 e. The van der Waals surface area contributed by atoms with Crippen LogP contribution in [0.1, 0.15) is 19.8 Å². The Balaban J connectivity index is 2.45. The number of amidine groups is 1. The summed E-state index contributed by atoms with van der Waals surface area (Å²) in [5, 5.41) is 13.6. The molecule has 5 nitrogen and oxygen atoms in total. The quantitative estimate of drug-likeness (QED) is 0.294. The van der Waals surface area contributed by atoms with Gasteiger partial charge >= 0.3 is 6.18 Å². The van der Waals surface area contributed by atoms with Crippen molar-refractivity contribution in [1.82, 2.24) is 10.2 Å². The van der Waals surface area contributed by atoms with Gasteiger partial charge in [0.25, 0.3) is 0 Å². The van der Waals surface area contributed by atoms with E-state index in [1.807, 2.05) is 6.92 Å². The molecule has 0 aromatic heterocycles. The molecule has 1 fully saturated rings. The summed E-state index contributed by atoms with van der Waals surface area (Å²) >= 11 is 0. The average Bonchev–Trinajstić information content (AvgIpc) is 2.79. The van der Waals surface area contributed by atoms with E-state index in [9.17, 15) is 13.2 Å². The molecule has 8 heteroatoms. The highest BCUT2D eigenvalue weighted by molar-refractivity contribution is 5.83. The molecule has 1 aliphatic heterocycles. The number of likely N-dealkylation sites (N-methyl/N-ethyl adjacent to an activating group) is 1. The maximum absolute atomic E-state index is 12.7. The first-order valence-electron chi connectivity index (χ1n) is 6.39. The van der Waals surface area contributed by atoms with Crippen LogP contribution in [0.3, 0.4) is 0 Å². The highest BCUT2D eigenvalue weighted by atomic mass is 19.4. The van der Waals surface area contributed by atoms with Crippen molar-refractivity contribution in [3.05, 3.63) is 0 Å². The van der Waals surface area contributed by atoms with E-state index in [2.05, 4.69) is 15.4 Å². The van der Waals surface area contributed by atoms with Crippen molar-refractivity contribution in [1.29, 1.82) is 0 Å². The molecule has 4 N–H and O–H groups in total. The number of oxime groups is 1. The molecule has 112 valence electrons. The van der Waals surface area contributed by atoms with Crippen LogP contribution in [0.4, 0.5) is 13.2 Å². The molecule has 0 bridgehead atoms. The zero-order valence-electron chi connectivity index (χ0n) is 11.0. The van der Waals surface area contributed by atoms with Crippen LogP contribution >= 0.6 is 0 Å². The van der Waals surface area contributed by atoms with Gasteiger partial charge in [-0.25, -0.2) is 0 Å². The molecule has 0 radical (unpaired) electrons. The predicted octanol–water partition coefficient (Wildman–Crippen LogP) is 0.985. The summed E-state index contributed by atoms with van der Waals surface area (Å²) in [6.07, 6.45) is -2.45. The minimum absolute atomic E-state index is 0.270. The van der Waals surface area contributed by atoms with Gasteiger partial charge in [0.15, 0.2) is 5.84 Å². The second kappa shape index (κ2) is 6.95. The SMILES string of the molecule is CCN1CCCC1CNCC(C(N)=NO)C(F)(F)F.